The van der Waals surface area contributed by atoms with E-state index in [1.165, 1.54) is 66.0 Å². The lowest BCUT2D eigenvalue weighted by Crippen LogP contribution is -2.56. The Morgan fingerprint density at radius 1 is 1.00 bits per heavy atom. The number of rotatable bonds is 13. The smallest absolute Gasteiger partial charge is 0.407 e. The normalized spacial score (nSPS) is 24.1. The van der Waals surface area contributed by atoms with Gasteiger partial charge in [0.2, 0.25) is 5.78 Å². The molecule has 1 fully saturated rings. The molecule has 1 aliphatic heterocycles. The molecular weight excluding hydrogens is 775 g/mol. The first-order valence-corrected chi connectivity index (χ1v) is 19.9. The number of fused-ring (bicyclic) bond motifs is 3. The van der Waals surface area contributed by atoms with E-state index < -0.39 is 108 Å². The number of amides is 1. The SMILES string of the molecule is COc1cccc2c1C(=O)c1c(O)c3c(c(O)c1C2=O)C[C@@](O)(C(=O)CO)C[C@@H]3O[C@H]1C[C@H](NC(=O)OCCSSCc2ccc(C(=O)O)cc2)[C@H](O)[C@H](C)O1. The Kier molecular flexibility index (Phi) is 12.3. The van der Waals surface area contributed by atoms with Crippen LogP contribution in [-0.2, 0) is 31.2 Å². The van der Waals surface area contributed by atoms with Gasteiger partial charge in [-0.2, -0.15) is 0 Å². The van der Waals surface area contributed by atoms with E-state index in [0.29, 0.717) is 11.5 Å². The molecule has 56 heavy (non-hydrogen) atoms. The van der Waals surface area contributed by atoms with Crippen molar-refractivity contribution in [3.05, 3.63) is 87.0 Å². The van der Waals surface area contributed by atoms with Crippen molar-refractivity contribution in [2.45, 2.75) is 68.2 Å². The van der Waals surface area contributed by atoms with E-state index in [0.717, 1.165) is 5.56 Å². The average molecular weight is 814 g/mol. The Balaban J connectivity index is 1.17. The lowest BCUT2D eigenvalue weighted by atomic mass is 9.72. The molecule has 0 saturated carbocycles. The maximum Gasteiger partial charge on any atom is 0.407 e. The van der Waals surface area contributed by atoms with E-state index in [1.54, 1.807) is 12.1 Å². The number of Topliss-reactive ketones (excluding diaryl/α,β-unsaturated/α-hetero) is 1. The van der Waals surface area contributed by atoms with Crippen LogP contribution in [0.5, 0.6) is 17.2 Å². The standard InChI is InChI=1S/C38H39NO15S2/c1-17-31(42)22(39-37(49)52-10-11-55-56-16-18-6-8-19(9-7-18)36(47)48)12-26(53-17)54-24-14-38(50,25(41)15-40)13-21-28(24)35(46)30-29(33(21)44)32(43)20-4-3-5-23(51-2)27(20)34(30)45/h3-9,17,22,24,26,31,40,42,44,46,50H,10-16H2,1-2H3,(H,39,49)(H,47,48)/t17-,22-,24-,26-,31+,38-/m0/s1. The van der Waals surface area contributed by atoms with Gasteiger partial charge in [-0.15, -0.1) is 0 Å². The third-order valence-corrected chi connectivity index (χ3v) is 12.3. The Labute approximate surface area is 327 Å². The van der Waals surface area contributed by atoms with Gasteiger partial charge in [-0.05, 0) is 30.7 Å². The summed E-state index contributed by atoms with van der Waals surface area (Å²) in [4.78, 5) is 64.3. The van der Waals surface area contributed by atoms with Crippen LogP contribution in [0.3, 0.4) is 0 Å². The number of phenols is 2. The van der Waals surface area contributed by atoms with Crippen molar-refractivity contribution in [2.75, 3.05) is 26.1 Å². The van der Waals surface area contributed by atoms with Gasteiger partial charge in [-0.1, -0.05) is 45.9 Å². The number of methoxy groups -OCH3 is 1. The molecule has 3 aromatic rings. The summed E-state index contributed by atoms with van der Waals surface area (Å²) < 4.78 is 22.7. The minimum atomic E-state index is -2.35. The number of carboxylic acid groups (broad SMARTS) is 1. The van der Waals surface area contributed by atoms with Crippen LogP contribution in [0.15, 0.2) is 42.5 Å². The highest BCUT2D eigenvalue weighted by molar-refractivity contribution is 8.76. The number of carboxylic acids is 1. The summed E-state index contributed by atoms with van der Waals surface area (Å²) in [5, 5.41) is 67.1. The van der Waals surface area contributed by atoms with E-state index in [-0.39, 0.29) is 46.6 Å². The first-order valence-electron chi connectivity index (χ1n) is 17.4. The first-order chi connectivity index (χ1) is 26.7. The molecule has 0 radical (unpaired) electrons. The van der Waals surface area contributed by atoms with Gasteiger partial charge in [0, 0.05) is 47.5 Å². The molecule has 6 atom stereocenters. The highest BCUT2D eigenvalue weighted by Gasteiger charge is 2.50. The molecular formula is C38H39NO15S2. The minimum Gasteiger partial charge on any atom is -0.507 e. The number of carbonyl (C=O) groups is 5. The van der Waals surface area contributed by atoms with Gasteiger partial charge in [0.1, 0.15) is 42.2 Å². The quantitative estimate of drug-likeness (QED) is 0.0582. The molecule has 2 aliphatic carbocycles. The van der Waals surface area contributed by atoms with Gasteiger partial charge in [0.25, 0.3) is 0 Å². The number of aliphatic hydroxyl groups excluding tert-OH is 2. The molecule has 0 aromatic heterocycles. The third kappa shape index (κ3) is 7.95. The van der Waals surface area contributed by atoms with Crippen LogP contribution in [-0.4, -0.2) is 116 Å². The summed E-state index contributed by atoms with van der Waals surface area (Å²) in [6.07, 6.45) is -7.17. The number of hydrogen-bond donors (Lipinski definition) is 7. The Bertz CT molecular complexity index is 2060. The van der Waals surface area contributed by atoms with E-state index in [1.807, 2.05) is 0 Å². The Morgan fingerprint density at radius 3 is 2.39 bits per heavy atom. The minimum absolute atomic E-state index is 0.0250. The maximum atomic E-state index is 13.9. The van der Waals surface area contributed by atoms with Gasteiger partial charge >= 0.3 is 12.1 Å². The second-order valence-electron chi connectivity index (χ2n) is 13.5. The van der Waals surface area contributed by atoms with Crippen LogP contribution in [0.25, 0.3) is 0 Å². The fourth-order valence-electron chi connectivity index (χ4n) is 7.13. The van der Waals surface area contributed by atoms with Crippen LogP contribution in [0.4, 0.5) is 4.79 Å². The number of ketones is 3. The van der Waals surface area contributed by atoms with Crippen molar-refractivity contribution >= 4 is 51.0 Å². The summed E-state index contributed by atoms with van der Waals surface area (Å²) in [5.41, 5.74) is -2.99. The number of hydrogen-bond acceptors (Lipinski definition) is 16. The van der Waals surface area contributed by atoms with Gasteiger partial charge < -0.3 is 54.9 Å². The molecule has 298 valence electrons. The highest BCUT2D eigenvalue weighted by Crippen LogP contribution is 2.52. The second-order valence-corrected chi connectivity index (χ2v) is 16.1. The molecule has 0 bridgehead atoms. The second kappa shape index (κ2) is 16.8. The van der Waals surface area contributed by atoms with Crippen molar-refractivity contribution in [3.8, 4) is 17.2 Å². The monoisotopic (exact) mass is 813 g/mol. The fraction of sp³-hybridized carbons (Fsp3) is 0.395. The lowest BCUT2D eigenvalue weighted by Gasteiger charge is -2.42. The van der Waals surface area contributed by atoms with Crippen LogP contribution in [0, 0.1) is 0 Å². The number of aromatic carboxylic acids is 1. The topological polar surface area (TPSA) is 256 Å². The van der Waals surface area contributed by atoms with Crippen molar-refractivity contribution in [1.82, 2.24) is 5.32 Å². The number of aromatic hydroxyl groups is 2. The largest absolute Gasteiger partial charge is 0.507 e. The molecule has 1 amide bonds. The number of carbonyl (C=O) groups excluding carboxylic acids is 4. The van der Waals surface area contributed by atoms with E-state index in [2.05, 4.69) is 5.32 Å². The molecule has 0 unspecified atom stereocenters. The Hall–Kier alpha value is -4.69. The van der Waals surface area contributed by atoms with E-state index in [9.17, 15) is 49.5 Å². The summed E-state index contributed by atoms with van der Waals surface area (Å²) in [6.45, 7) is 0.452. The third-order valence-electron chi connectivity index (χ3n) is 9.97. The molecule has 16 nitrogen and oxygen atoms in total. The first kappa shape index (κ1) is 41.0. The average Bonchev–Trinajstić information content (AvgIpc) is 3.17. The molecule has 1 heterocycles. The Morgan fingerprint density at radius 2 is 1.71 bits per heavy atom. The molecule has 18 heteroatoms. The van der Waals surface area contributed by atoms with Gasteiger partial charge in [0.15, 0.2) is 17.9 Å². The predicted octanol–water partition coefficient (Wildman–Crippen LogP) is 3.05. The molecule has 7 N–H and O–H groups in total. The number of nitrogens with one attached hydrogen (secondary N) is 1. The van der Waals surface area contributed by atoms with Crippen molar-refractivity contribution in [1.29, 1.82) is 0 Å². The zero-order valence-corrected chi connectivity index (χ0v) is 31.7. The molecule has 6 rings (SSSR count). The van der Waals surface area contributed by atoms with Gasteiger partial charge in [0.05, 0.1) is 47.6 Å². The predicted molar refractivity (Wildman–Crippen MR) is 199 cm³/mol. The van der Waals surface area contributed by atoms with E-state index >= 15 is 0 Å². The van der Waals surface area contributed by atoms with E-state index in [4.69, 9.17) is 24.1 Å². The zero-order valence-electron chi connectivity index (χ0n) is 30.1. The number of ether oxygens (including phenoxy) is 4. The van der Waals surface area contributed by atoms with Gasteiger partial charge in [-0.3, -0.25) is 14.4 Å². The van der Waals surface area contributed by atoms with Crippen molar-refractivity contribution in [3.63, 3.8) is 0 Å². The number of benzene rings is 3. The molecule has 0 spiro atoms. The fourth-order valence-corrected chi connectivity index (χ4v) is 9.03. The lowest BCUT2D eigenvalue weighted by molar-refractivity contribution is -0.249. The molecule has 1 saturated heterocycles. The maximum absolute atomic E-state index is 13.9. The van der Waals surface area contributed by atoms with Crippen LogP contribution >= 0.6 is 21.6 Å². The molecule has 3 aliphatic rings. The van der Waals surface area contributed by atoms with Crippen molar-refractivity contribution in [2.24, 2.45) is 0 Å². The van der Waals surface area contributed by atoms with Crippen LogP contribution < -0.4 is 10.1 Å². The van der Waals surface area contributed by atoms with Crippen molar-refractivity contribution < 1.29 is 73.6 Å². The van der Waals surface area contributed by atoms with Crippen LogP contribution in [0.2, 0.25) is 0 Å². The number of alkyl carbamates (subject to hydrolysis) is 1. The summed E-state index contributed by atoms with van der Waals surface area (Å²) in [7, 11) is 4.23. The molecule has 3 aromatic carbocycles. The highest BCUT2D eigenvalue weighted by atomic mass is 33.1. The number of aliphatic hydroxyl groups is 3. The van der Waals surface area contributed by atoms with Gasteiger partial charge in [-0.25, -0.2) is 9.59 Å². The number of phenolic OH excluding ortho intramolecular Hbond substituents is 2. The summed E-state index contributed by atoms with van der Waals surface area (Å²) >= 11 is 0. The summed E-state index contributed by atoms with van der Waals surface area (Å²) in [5.74, 6) is -4.11. The summed E-state index contributed by atoms with van der Waals surface area (Å²) in [6, 6.07) is 9.80. The van der Waals surface area contributed by atoms with Crippen LogP contribution in [0.1, 0.15) is 84.8 Å². The zero-order chi connectivity index (χ0) is 40.5.